The molecule has 1 fully saturated rings. The first kappa shape index (κ1) is 20.1. The number of allylic oxidation sites excluding steroid dienone is 1. The lowest BCUT2D eigenvalue weighted by atomic mass is 10.2. The van der Waals surface area contributed by atoms with Crippen LogP contribution in [-0.4, -0.2) is 32.7 Å². The lowest BCUT2D eigenvalue weighted by Crippen LogP contribution is -2.24. The van der Waals surface area contributed by atoms with Gasteiger partial charge in [-0.15, -0.1) is 0 Å². The van der Waals surface area contributed by atoms with E-state index in [9.17, 15) is 4.79 Å². The maximum absolute atomic E-state index is 12.5. The standard InChI is InChI=1S/C22H25ClN2O3/c1-3-6-16-7-10-20(21(13-16)27-2)28-15-22(26)24-18-14-17(23)8-9-19(18)25-11-4-5-12-25/h3,6-10,13-14H,4-5,11-12,15H2,1-2H3,(H,24,26)/b6-3+. The molecule has 0 radical (unpaired) electrons. The summed E-state index contributed by atoms with van der Waals surface area (Å²) in [5.74, 6) is 0.864. The average Bonchev–Trinajstić information content (AvgIpc) is 3.21. The summed E-state index contributed by atoms with van der Waals surface area (Å²) in [5.41, 5.74) is 2.70. The Morgan fingerprint density at radius 2 is 1.96 bits per heavy atom. The fourth-order valence-corrected chi connectivity index (χ4v) is 3.44. The van der Waals surface area contributed by atoms with Gasteiger partial charge in [0.2, 0.25) is 0 Å². The SMILES string of the molecule is C/C=C/c1ccc(OCC(=O)Nc2cc(Cl)ccc2N2CCCC2)c(OC)c1. The lowest BCUT2D eigenvalue weighted by Gasteiger charge is -2.22. The summed E-state index contributed by atoms with van der Waals surface area (Å²) in [7, 11) is 1.58. The van der Waals surface area contributed by atoms with Crippen LogP contribution in [0.25, 0.3) is 6.08 Å². The first-order valence-electron chi connectivity index (χ1n) is 9.38. The first-order chi connectivity index (χ1) is 13.6. The van der Waals surface area contributed by atoms with Crippen molar-refractivity contribution in [1.29, 1.82) is 0 Å². The highest BCUT2D eigenvalue weighted by atomic mass is 35.5. The summed E-state index contributed by atoms with van der Waals surface area (Å²) in [4.78, 5) is 14.7. The third-order valence-electron chi connectivity index (χ3n) is 4.59. The summed E-state index contributed by atoms with van der Waals surface area (Å²) >= 11 is 6.14. The zero-order valence-corrected chi connectivity index (χ0v) is 17.0. The van der Waals surface area contributed by atoms with Gasteiger partial charge in [0, 0.05) is 18.1 Å². The Morgan fingerprint density at radius 3 is 2.68 bits per heavy atom. The molecule has 0 aliphatic carbocycles. The smallest absolute Gasteiger partial charge is 0.262 e. The fraction of sp³-hybridized carbons (Fsp3) is 0.318. The Morgan fingerprint density at radius 1 is 1.18 bits per heavy atom. The number of amides is 1. The molecule has 1 heterocycles. The second-order valence-corrected chi connectivity index (χ2v) is 7.04. The monoisotopic (exact) mass is 400 g/mol. The largest absolute Gasteiger partial charge is 0.493 e. The van der Waals surface area contributed by atoms with Gasteiger partial charge in [-0.3, -0.25) is 4.79 Å². The topological polar surface area (TPSA) is 50.8 Å². The third kappa shape index (κ3) is 4.98. The molecule has 6 heteroatoms. The fourth-order valence-electron chi connectivity index (χ4n) is 3.27. The van der Waals surface area contributed by atoms with Crippen molar-refractivity contribution in [3.05, 3.63) is 53.1 Å². The van der Waals surface area contributed by atoms with Crippen molar-refractivity contribution in [3.8, 4) is 11.5 Å². The molecule has 5 nitrogen and oxygen atoms in total. The number of carbonyl (C=O) groups is 1. The molecule has 0 aromatic heterocycles. The minimum atomic E-state index is -0.248. The highest BCUT2D eigenvalue weighted by molar-refractivity contribution is 6.31. The van der Waals surface area contributed by atoms with E-state index in [1.54, 1.807) is 19.2 Å². The van der Waals surface area contributed by atoms with E-state index in [-0.39, 0.29) is 12.5 Å². The lowest BCUT2D eigenvalue weighted by molar-refractivity contribution is -0.118. The van der Waals surface area contributed by atoms with Crippen molar-refractivity contribution in [2.45, 2.75) is 19.8 Å². The van der Waals surface area contributed by atoms with Crippen LogP contribution in [-0.2, 0) is 4.79 Å². The third-order valence-corrected chi connectivity index (χ3v) is 4.82. The summed E-state index contributed by atoms with van der Waals surface area (Å²) < 4.78 is 11.1. The molecular formula is C22H25ClN2O3. The van der Waals surface area contributed by atoms with Crippen molar-refractivity contribution in [2.24, 2.45) is 0 Å². The molecule has 0 atom stereocenters. The minimum Gasteiger partial charge on any atom is -0.493 e. The number of nitrogens with one attached hydrogen (secondary N) is 1. The van der Waals surface area contributed by atoms with E-state index >= 15 is 0 Å². The second kappa shape index (κ2) is 9.51. The molecule has 0 spiro atoms. The molecule has 0 saturated carbocycles. The number of rotatable bonds is 7. The molecule has 0 unspecified atom stereocenters. The zero-order chi connectivity index (χ0) is 19.9. The highest BCUT2D eigenvalue weighted by Gasteiger charge is 2.18. The van der Waals surface area contributed by atoms with Gasteiger partial charge < -0.3 is 19.7 Å². The van der Waals surface area contributed by atoms with Gasteiger partial charge in [0.25, 0.3) is 5.91 Å². The van der Waals surface area contributed by atoms with Crippen LogP contribution in [0.4, 0.5) is 11.4 Å². The van der Waals surface area contributed by atoms with Gasteiger partial charge in [-0.25, -0.2) is 0 Å². The van der Waals surface area contributed by atoms with Crippen LogP contribution in [0.3, 0.4) is 0 Å². The van der Waals surface area contributed by atoms with Crippen LogP contribution in [0.15, 0.2) is 42.5 Å². The minimum absolute atomic E-state index is 0.120. The number of anilines is 2. The molecule has 1 aliphatic rings. The number of hydrogen-bond donors (Lipinski definition) is 1. The van der Waals surface area contributed by atoms with Gasteiger partial charge in [0.15, 0.2) is 18.1 Å². The van der Waals surface area contributed by atoms with Gasteiger partial charge in [-0.05, 0) is 55.7 Å². The summed E-state index contributed by atoms with van der Waals surface area (Å²) in [6.07, 6.45) is 6.23. The predicted molar refractivity (Wildman–Crippen MR) is 115 cm³/mol. The second-order valence-electron chi connectivity index (χ2n) is 6.60. The molecule has 1 amide bonds. The molecule has 2 aromatic carbocycles. The Balaban J connectivity index is 1.67. The van der Waals surface area contributed by atoms with E-state index in [4.69, 9.17) is 21.1 Å². The van der Waals surface area contributed by atoms with Crippen molar-refractivity contribution in [3.63, 3.8) is 0 Å². The van der Waals surface area contributed by atoms with E-state index in [1.165, 1.54) is 0 Å². The molecule has 2 aromatic rings. The first-order valence-corrected chi connectivity index (χ1v) is 9.76. The Labute approximate surface area is 170 Å². The summed E-state index contributed by atoms with van der Waals surface area (Å²) in [5, 5.41) is 3.51. The van der Waals surface area contributed by atoms with E-state index in [0.29, 0.717) is 22.2 Å². The Hall–Kier alpha value is -2.66. The molecule has 1 N–H and O–H groups in total. The van der Waals surface area contributed by atoms with Gasteiger partial charge >= 0.3 is 0 Å². The molecule has 28 heavy (non-hydrogen) atoms. The predicted octanol–water partition coefficient (Wildman–Crippen LogP) is 5.00. The molecule has 0 bridgehead atoms. The molecule has 148 valence electrons. The molecule has 1 aliphatic heterocycles. The zero-order valence-electron chi connectivity index (χ0n) is 16.2. The number of methoxy groups -OCH3 is 1. The quantitative estimate of drug-likeness (QED) is 0.710. The average molecular weight is 401 g/mol. The van der Waals surface area contributed by atoms with Crippen LogP contribution < -0.4 is 19.7 Å². The van der Waals surface area contributed by atoms with Gasteiger partial charge in [-0.2, -0.15) is 0 Å². The van der Waals surface area contributed by atoms with Gasteiger partial charge in [0.05, 0.1) is 18.5 Å². The maximum Gasteiger partial charge on any atom is 0.262 e. The van der Waals surface area contributed by atoms with Crippen LogP contribution in [0.5, 0.6) is 11.5 Å². The van der Waals surface area contributed by atoms with Gasteiger partial charge in [0.1, 0.15) is 0 Å². The maximum atomic E-state index is 12.5. The summed E-state index contributed by atoms with van der Waals surface area (Å²) in [6, 6.07) is 11.2. The number of carbonyl (C=O) groups excluding carboxylic acids is 1. The van der Waals surface area contributed by atoms with Crippen LogP contribution in [0.1, 0.15) is 25.3 Å². The Kier molecular flexibility index (Phi) is 6.82. The number of nitrogens with zero attached hydrogens (tertiary/aromatic N) is 1. The van der Waals surface area contributed by atoms with Crippen molar-refractivity contribution < 1.29 is 14.3 Å². The molecule has 1 saturated heterocycles. The van der Waals surface area contributed by atoms with Crippen LogP contribution in [0, 0.1) is 0 Å². The van der Waals surface area contributed by atoms with Gasteiger partial charge in [-0.1, -0.05) is 29.8 Å². The Bertz CT molecular complexity index is 861. The number of benzene rings is 2. The van der Waals surface area contributed by atoms with Crippen molar-refractivity contribution in [1.82, 2.24) is 0 Å². The number of hydrogen-bond acceptors (Lipinski definition) is 4. The van der Waals surface area contributed by atoms with E-state index < -0.39 is 0 Å². The van der Waals surface area contributed by atoms with Crippen molar-refractivity contribution >= 4 is 35.0 Å². The van der Waals surface area contributed by atoms with Crippen LogP contribution >= 0.6 is 11.6 Å². The number of halogens is 1. The molecular weight excluding hydrogens is 376 g/mol. The normalized spacial score (nSPS) is 13.8. The highest BCUT2D eigenvalue weighted by Crippen LogP contribution is 2.32. The molecule has 3 rings (SSSR count). The number of ether oxygens (including phenoxy) is 2. The van der Waals surface area contributed by atoms with Crippen LogP contribution in [0.2, 0.25) is 5.02 Å². The summed E-state index contributed by atoms with van der Waals surface area (Å²) in [6.45, 7) is 3.80. The van der Waals surface area contributed by atoms with E-state index in [1.807, 2.05) is 43.3 Å². The van der Waals surface area contributed by atoms with E-state index in [2.05, 4.69) is 10.2 Å². The van der Waals surface area contributed by atoms with E-state index in [0.717, 1.165) is 37.2 Å². The van der Waals surface area contributed by atoms with Crippen molar-refractivity contribution in [2.75, 3.05) is 37.0 Å².